The molecule has 1 aliphatic heterocycles. The summed E-state index contributed by atoms with van der Waals surface area (Å²) in [5, 5.41) is 12.1. The van der Waals surface area contributed by atoms with Crippen molar-refractivity contribution < 1.29 is 48.0 Å². The lowest BCUT2D eigenvalue weighted by Crippen LogP contribution is -2.67. The second-order valence-electron chi connectivity index (χ2n) is 8.64. The SMILES string of the molecule is CO[C@H]1O[C@H](C(=O)O)[C@@H](OC(C)=O)[C@H](OC(C)=O)[C@H]1NC(=O)OCC1c2ccccc2-c2ccccc21. The zero-order valence-corrected chi connectivity index (χ0v) is 20.4. The lowest BCUT2D eigenvalue weighted by Gasteiger charge is -2.43. The molecule has 11 heteroatoms. The maximum absolute atomic E-state index is 12.9. The Morgan fingerprint density at radius 1 is 0.892 bits per heavy atom. The topological polar surface area (TPSA) is 147 Å². The summed E-state index contributed by atoms with van der Waals surface area (Å²) in [4.78, 5) is 48.2. The van der Waals surface area contributed by atoms with Crippen LogP contribution in [0.3, 0.4) is 0 Å². The van der Waals surface area contributed by atoms with E-state index in [9.17, 15) is 24.3 Å². The number of rotatable bonds is 7. The molecule has 11 nitrogen and oxygen atoms in total. The minimum Gasteiger partial charge on any atom is -0.479 e. The minimum atomic E-state index is -1.71. The Morgan fingerprint density at radius 2 is 1.43 bits per heavy atom. The van der Waals surface area contributed by atoms with Gasteiger partial charge in [-0.05, 0) is 22.3 Å². The van der Waals surface area contributed by atoms with E-state index in [4.69, 9.17) is 23.7 Å². The molecule has 5 atom stereocenters. The summed E-state index contributed by atoms with van der Waals surface area (Å²) in [5.41, 5.74) is 4.16. The number of hydrogen-bond acceptors (Lipinski definition) is 9. The average Bonchev–Trinajstić information content (AvgIpc) is 3.17. The van der Waals surface area contributed by atoms with Crippen molar-refractivity contribution in [1.29, 1.82) is 0 Å². The molecule has 1 fully saturated rings. The van der Waals surface area contributed by atoms with Gasteiger partial charge < -0.3 is 34.1 Å². The lowest BCUT2D eigenvalue weighted by molar-refractivity contribution is -0.264. The average molecular weight is 513 g/mol. The van der Waals surface area contributed by atoms with Crippen molar-refractivity contribution in [2.75, 3.05) is 13.7 Å². The predicted molar refractivity (Wildman–Crippen MR) is 126 cm³/mol. The summed E-state index contributed by atoms with van der Waals surface area (Å²) in [7, 11) is 1.23. The summed E-state index contributed by atoms with van der Waals surface area (Å²) >= 11 is 0. The van der Waals surface area contributed by atoms with Gasteiger partial charge in [-0.1, -0.05) is 48.5 Å². The largest absolute Gasteiger partial charge is 0.479 e. The first-order chi connectivity index (χ1) is 17.7. The molecule has 1 saturated heterocycles. The second kappa shape index (κ2) is 11.0. The Balaban J connectivity index is 1.54. The number of alkyl carbamates (subject to hydrolysis) is 1. The number of benzene rings is 2. The van der Waals surface area contributed by atoms with Crippen LogP contribution in [0.5, 0.6) is 0 Å². The quantitative estimate of drug-likeness (QED) is 0.417. The number of carbonyl (C=O) groups excluding carboxylic acids is 3. The Labute approximate surface area is 212 Å². The molecule has 196 valence electrons. The molecule has 1 amide bonds. The van der Waals surface area contributed by atoms with Crippen LogP contribution in [-0.2, 0) is 38.1 Å². The van der Waals surface area contributed by atoms with Gasteiger partial charge in [-0.2, -0.15) is 0 Å². The molecule has 2 aromatic carbocycles. The summed E-state index contributed by atoms with van der Waals surface area (Å²) in [6, 6.07) is 14.4. The fourth-order valence-corrected chi connectivity index (χ4v) is 4.82. The third-order valence-electron chi connectivity index (χ3n) is 6.26. The molecular formula is C26H27NO10. The zero-order chi connectivity index (χ0) is 26.7. The minimum absolute atomic E-state index is 0.00838. The molecule has 0 unspecified atom stereocenters. The van der Waals surface area contributed by atoms with E-state index in [0.29, 0.717) is 0 Å². The summed E-state index contributed by atoms with van der Waals surface area (Å²) < 4.78 is 26.7. The van der Waals surface area contributed by atoms with E-state index in [1.165, 1.54) is 7.11 Å². The van der Waals surface area contributed by atoms with Crippen molar-refractivity contribution in [3.63, 3.8) is 0 Å². The van der Waals surface area contributed by atoms with Crippen LogP contribution in [0.2, 0.25) is 0 Å². The van der Waals surface area contributed by atoms with Gasteiger partial charge in [0.05, 0.1) is 0 Å². The number of aliphatic carboxylic acids is 1. The van der Waals surface area contributed by atoms with Crippen molar-refractivity contribution in [2.24, 2.45) is 0 Å². The van der Waals surface area contributed by atoms with Gasteiger partial charge in [-0.25, -0.2) is 9.59 Å². The summed E-state index contributed by atoms with van der Waals surface area (Å²) in [5.74, 6) is -3.28. The zero-order valence-electron chi connectivity index (χ0n) is 20.4. The van der Waals surface area contributed by atoms with Crippen LogP contribution in [0.1, 0.15) is 30.9 Å². The number of amides is 1. The van der Waals surface area contributed by atoms with E-state index in [2.05, 4.69) is 5.32 Å². The van der Waals surface area contributed by atoms with Gasteiger partial charge in [0.25, 0.3) is 0 Å². The molecule has 1 aliphatic carbocycles. The fourth-order valence-electron chi connectivity index (χ4n) is 4.82. The van der Waals surface area contributed by atoms with Crippen LogP contribution < -0.4 is 5.32 Å². The molecule has 0 aromatic heterocycles. The number of fused-ring (bicyclic) bond motifs is 3. The molecule has 2 aromatic rings. The highest BCUT2D eigenvalue weighted by atomic mass is 16.7. The van der Waals surface area contributed by atoms with Gasteiger partial charge in [-0.15, -0.1) is 0 Å². The molecule has 0 saturated carbocycles. The Morgan fingerprint density at radius 3 is 1.95 bits per heavy atom. The second-order valence-corrected chi connectivity index (χ2v) is 8.64. The van der Waals surface area contributed by atoms with Gasteiger partial charge >= 0.3 is 24.0 Å². The van der Waals surface area contributed by atoms with Crippen LogP contribution in [0, 0.1) is 0 Å². The normalized spacial score (nSPS) is 24.4. The summed E-state index contributed by atoms with van der Waals surface area (Å²) in [6.45, 7) is 2.18. The number of ether oxygens (including phenoxy) is 5. The molecule has 37 heavy (non-hydrogen) atoms. The molecule has 0 radical (unpaired) electrons. The van der Waals surface area contributed by atoms with E-state index in [1.807, 2.05) is 48.5 Å². The number of carboxylic acid groups (broad SMARTS) is 1. The smallest absolute Gasteiger partial charge is 0.407 e. The van der Waals surface area contributed by atoms with Gasteiger partial charge in [-0.3, -0.25) is 9.59 Å². The van der Waals surface area contributed by atoms with Crippen molar-refractivity contribution in [1.82, 2.24) is 5.32 Å². The molecule has 0 spiro atoms. The highest BCUT2D eigenvalue weighted by Gasteiger charge is 2.53. The van der Waals surface area contributed by atoms with E-state index in [0.717, 1.165) is 36.1 Å². The number of esters is 2. The van der Waals surface area contributed by atoms with E-state index in [-0.39, 0.29) is 12.5 Å². The number of hydrogen-bond donors (Lipinski definition) is 2. The Bertz CT molecular complexity index is 1150. The first-order valence-corrected chi connectivity index (χ1v) is 11.6. The Hall–Kier alpha value is -3.96. The van der Waals surface area contributed by atoms with Crippen LogP contribution in [0.15, 0.2) is 48.5 Å². The van der Waals surface area contributed by atoms with E-state index in [1.54, 1.807) is 0 Å². The monoisotopic (exact) mass is 513 g/mol. The molecular weight excluding hydrogens is 486 g/mol. The van der Waals surface area contributed by atoms with Crippen molar-refractivity contribution >= 4 is 24.0 Å². The summed E-state index contributed by atoms with van der Waals surface area (Å²) in [6.07, 6.45) is -6.92. The number of nitrogens with one attached hydrogen (secondary N) is 1. The van der Waals surface area contributed by atoms with Crippen molar-refractivity contribution in [3.8, 4) is 11.1 Å². The highest BCUT2D eigenvalue weighted by molar-refractivity contribution is 5.79. The fraction of sp³-hybridized carbons (Fsp3) is 0.385. The number of carbonyl (C=O) groups is 4. The predicted octanol–water partition coefficient (Wildman–Crippen LogP) is 2.21. The van der Waals surface area contributed by atoms with Crippen LogP contribution in [-0.4, -0.2) is 73.5 Å². The number of carboxylic acids is 1. The van der Waals surface area contributed by atoms with Crippen molar-refractivity contribution in [3.05, 3.63) is 59.7 Å². The van der Waals surface area contributed by atoms with Gasteiger partial charge in [0.2, 0.25) is 0 Å². The van der Waals surface area contributed by atoms with Crippen molar-refractivity contribution in [2.45, 2.75) is 50.4 Å². The lowest BCUT2D eigenvalue weighted by atomic mass is 9.96. The first kappa shape index (κ1) is 26.1. The third-order valence-corrected chi connectivity index (χ3v) is 6.26. The highest BCUT2D eigenvalue weighted by Crippen LogP contribution is 2.44. The maximum Gasteiger partial charge on any atom is 0.407 e. The molecule has 0 bridgehead atoms. The van der Waals surface area contributed by atoms with Crippen LogP contribution in [0.4, 0.5) is 4.79 Å². The van der Waals surface area contributed by atoms with Gasteiger partial charge in [0.1, 0.15) is 12.6 Å². The number of methoxy groups -OCH3 is 1. The molecule has 1 heterocycles. The van der Waals surface area contributed by atoms with Crippen LogP contribution >= 0.6 is 0 Å². The third kappa shape index (κ3) is 5.42. The molecule has 4 rings (SSSR count). The standard InChI is InChI=1S/C26H27NO10/c1-13(28)35-21-20(25(33-3)37-23(24(30)31)22(21)36-14(2)29)27-26(32)34-12-19-17-10-6-4-8-15(17)16-9-5-7-11-18(16)19/h4-11,19-23,25H,12H2,1-3H3,(H,27,32)(H,30,31)/t20-,21-,22+,23+,25+/m1/s1. The molecule has 2 aliphatic rings. The van der Waals surface area contributed by atoms with E-state index >= 15 is 0 Å². The van der Waals surface area contributed by atoms with Gasteiger partial charge in [0, 0.05) is 26.9 Å². The molecule has 2 N–H and O–H groups in total. The van der Waals surface area contributed by atoms with E-state index < -0.39 is 54.6 Å². The van der Waals surface area contributed by atoms with Crippen LogP contribution in [0.25, 0.3) is 11.1 Å². The Kier molecular flexibility index (Phi) is 7.74. The maximum atomic E-state index is 12.9. The van der Waals surface area contributed by atoms with Gasteiger partial charge in [0.15, 0.2) is 24.6 Å². The first-order valence-electron chi connectivity index (χ1n) is 11.6.